The Kier molecular flexibility index (Phi) is 2.65. The number of ether oxygens (including phenoxy) is 1. The third kappa shape index (κ3) is 1.48. The van der Waals surface area contributed by atoms with Crippen LogP contribution in [0, 0.1) is 0 Å². The van der Waals surface area contributed by atoms with E-state index in [0.717, 1.165) is 13.1 Å². The largest absolute Gasteiger partial charge is 0.378 e. The normalized spacial score (nSPS) is 33.6. The SMILES string of the molecule is CO[C@@H]1CNC[C@@H]1N(C)C. The highest BCUT2D eigenvalue weighted by atomic mass is 16.5. The van der Waals surface area contributed by atoms with Gasteiger partial charge in [0.2, 0.25) is 0 Å². The second-order valence-corrected chi connectivity index (χ2v) is 2.96. The first-order valence-corrected chi connectivity index (χ1v) is 3.65. The molecule has 1 rings (SSSR count). The number of hydrogen-bond donors (Lipinski definition) is 1. The first-order chi connectivity index (χ1) is 4.75. The van der Waals surface area contributed by atoms with Gasteiger partial charge in [0, 0.05) is 26.2 Å². The summed E-state index contributed by atoms with van der Waals surface area (Å²) in [6.45, 7) is 2.03. The predicted octanol–water partition coefficient (Wildman–Crippen LogP) is -0.465. The van der Waals surface area contributed by atoms with Crippen LogP contribution in [0.25, 0.3) is 0 Å². The molecule has 1 N–H and O–H groups in total. The van der Waals surface area contributed by atoms with Crippen molar-refractivity contribution in [3.8, 4) is 0 Å². The maximum Gasteiger partial charge on any atom is 0.0862 e. The van der Waals surface area contributed by atoms with Crippen molar-refractivity contribution in [2.24, 2.45) is 0 Å². The van der Waals surface area contributed by atoms with Crippen molar-refractivity contribution in [1.29, 1.82) is 0 Å². The Hall–Kier alpha value is -0.120. The van der Waals surface area contributed by atoms with Gasteiger partial charge < -0.3 is 15.0 Å². The van der Waals surface area contributed by atoms with Crippen LogP contribution < -0.4 is 5.32 Å². The molecule has 1 aliphatic heterocycles. The lowest BCUT2D eigenvalue weighted by Gasteiger charge is -2.23. The lowest BCUT2D eigenvalue weighted by molar-refractivity contribution is 0.0636. The van der Waals surface area contributed by atoms with E-state index in [1.54, 1.807) is 7.11 Å². The molecule has 0 spiro atoms. The van der Waals surface area contributed by atoms with Crippen LogP contribution in [0.3, 0.4) is 0 Å². The van der Waals surface area contributed by atoms with Gasteiger partial charge in [0.15, 0.2) is 0 Å². The first kappa shape index (κ1) is 7.98. The number of likely N-dealkylation sites (N-methyl/N-ethyl adjacent to an activating group) is 1. The average Bonchev–Trinajstić information content (AvgIpc) is 2.33. The van der Waals surface area contributed by atoms with E-state index in [4.69, 9.17) is 4.74 Å². The fourth-order valence-electron chi connectivity index (χ4n) is 1.40. The molecule has 1 aliphatic rings. The third-order valence-corrected chi connectivity index (χ3v) is 2.09. The summed E-state index contributed by atoms with van der Waals surface area (Å²) in [7, 11) is 5.95. The van der Waals surface area contributed by atoms with Gasteiger partial charge in [-0.1, -0.05) is 0 Å². The Bertz CT molecular complexity index is 106. The minimum atomic E-state index is 0.370. The van der Waals surface area contributed by atoms with Crippen LogP contribution in [0.15, 0.2) is 0 Å². The van der Waals surface area contributed by atoms with E-state index in [1.165, 1.54) is 0 Å². The van der Waals surface area contributed by atoms with Gasteiger partial charge in [-0.05, 0) is 14.1 Å². The summed E-state index contributed by atoms with van der Waals surface area (Å²) in [6, 6.07) is 0.546. The minimum absolute atomic E-state index is 0.370. The van der Waals surface area contributed by atoms with Crippen molar-refractivity contribution in [3.05, 3.63) is 0 Å². The summed E-state index contributed by atoms with van der Waals surface area (Å²) in [6.07, 6.45) is 0.370. The standard InChI is InChI=1S/C7H16N2O/c1-9(2)6-4-8-5-7(6)10-3/h6-8H,4-5H2,1-3H3/t6-,7+/m0/s1. The molecule has 1 fully saturated rings. The minimum Gasteiger partial charge on any atom is -0.378 e. The molecule has 0 aromatic heterocycles. The van der Waals surface area contributed by atoms with Crippen molar-refractivity contribution in [3.63, 3.8) is 0 Å². The van der Waals surface area contributed by atoms with Crippen molar-refractivity contribution < 1.29 is 4.74 Å². The van der Waals surface area contributed by atoms with Gasteiger partial charge >= 0.3 is 0 Å². The smallest absolute Gasteiger partial charge is 0.0862 e. The van der Waals surface area contributed by atoms with Crippen LogP contribution >= 0.6 is 0 Å². The average molecular weight is 144 g/mol. The second-order valence-electron chi connectivity index (χ2n) is 2.96. The summed E-state index contributed by atoms with van der Waals surface area (Å²) in [4.78, 5) is 2.20. The molecule has 0 bridgehead atoms. The maximum atomic E-state index is 5.28. The molecule has 10 heavy (non-hydrogen) atoms. The van der Waals surface area contributed by atoms with Crippen molar-refractivity contribution in [2.45, 2.75) is 12.1 Å². The molecule has 0 aromatic rings. The van der Waals surface area contributed by atoms with Gasteiger partial charge in [0.25, 0.3) is 0 Å². The number of nitrogens with one attached hydrogen (secondary N) is 1. The van der Waals surface area contributed by atoms with Crippen LogP contribution in [0.2, 0.25) is 0 Å². The number of hydrogen-bond acceptors (Lipinski definition) is 3. The molecular formula is C7H16N2O. The zero-order valence-electron chi connectivity index (χ0n) is 6.92. The fraction of sp³-hybridized carbons (Fsp3) is 1.00. The van der Waals surface area contributed by atoms with Crippen LogP contribution in [0.5, 0.6) is 0 Å². The molecular weight excluding hydrogens is 128 g/mol. The molecule has 2 atom stereocenters. The molecule has 3 heteroatoms. The zero-order chi connectivity index (χ0) is 7.56. The van der Waals surface area contributed by atoms with Crippen molar-refractivity contribution in [2.75, 3.05) is 34.3 Å². The summed E-state index contributed by atoms with van der Waals surface area (Å²) in [5.74, 6) is 0. The van der Waals surface area contributed by atoms with Gasteiger partial charge in [-0.3, -0.25) is 0 Å². The lowest BCUT2D eigenvalue weighted by atomic mass is 10.2. The third-order valence-electron chi connectivity index (χ3n) is 2.09. The molecule has 0 radical (unpaired) electrons. The number of nitrogens with zero attached hydrogens (tertiary/aromatic N) is 1. The van der Waals surface area contributed by atoms with Crippen LogP contribution in [-0.2, 0) is 4.74 Å². The van der Waals surface area contributed by atoms with Crippen molar-refractivity contribution >= 4 is 0 Å². The quantitative estimate of drug-likeness (QED) is 0.567. The van der Waals surface area contributed by atoms with Gasteiger partial charge in [-0.15, -0.1) is 0 Å². The van der Waals surface area contributed by atoms with E-state index in [1.807, 2.05) is 0 Å². The number of rotatable bonds is 2. The molecule has 1 saturated heterocycles. The van der Waals surface area contributed by atoms with Gasteiger partial charge in [0.05, 0.1) is 6.10 Å². The van der Waals surface area contributed by atoms with E-state index in [0.29, 0.717) is 12.1 Å². The molecule has 3 nitrogen and oxygen atoms in total. The van der Waals surface area contributed by atoms with Crippen LogP contribution in [0.1, 0.15) is 0 Å². The van der Waals surface area contributed by atoms with E-state index in [-0.39, 0.29) is 0 Å². The summed E-state index contributed by atoms with van der Waals surface area (Å²) in [5, 5.41) is 3.29. The molecule has 0 aromatic carbocycles. The Morgan fingerprint density at radius 1 is 1.40 bits per heavy atom. The molecule has 0 saturated carbocycles. The van der Waals surface area contributed by atoms with Gasteiger partial charge in [-0.2, -0.15) is 0 Å². The first-order valence-electron chi connectivity index (χ1n) is 3.65. The number of methoxy groups -OCH3 is 1. The molecule has 0 amide bonds. The second kappa shape index (κ2) is 3.32. The Morgan fingerprint density at radius 3 is 2.50 bits per heavy atom. The Morgan fingerprint density at radius 2 is 2.10 bits per heavy atom. The van der Waals surface area contributed by atoms with E-state index in [2.05, 4.69) is 24.3 Å². The highest BCUT2D eigenvalue weighted by Crippen LogP contribution is 2.07. The summed E-state index contributed by atoms with van der Waals surface area (Å²) < 4.78 is 5.28. The van der Waals surface area contributed by atoms with E-state index in [9.17, 15) is 0 Å². The van der Waals surface area contributed by atoms with E-state index < -0.39 is 0 Å². The van der Waals surface area contributed by atoms with Crippen molar-refractivity contribution in [1.82, 2.24) is 10.2 Å². The van der Waals surface area contributed by atoms with Crippen LogP contribution in [-0.4, -0.2) is 51.3 Å². The highest BCUT2D eigenvalue weighted by molar-refractivity contribution is 4.87. The topological polar surface area (TPSA) is 24.5 Å². The predicted molar refractivity (Wildman–Crippen MR) is 41.1 cm³/mol. The molecule has 0 aliphatic carbocycles. The van der Waals surface area contributed by atoms with Gasteiger partial charge in [-0.25, -0.2) is 0 Å². The molecule has 60 valence electrons. The van der Waals surface area contributed by atoms with Gasteiger partial charge in [0.1, 0.15) is 0 Å². The summed E-state index contributed by atoms with van der Waals surface area (Å²) in [5.41, 5.74) is 0. The summed E-state index contributed by atoms with van der Waals surface area (Å²) >= 11 is 0. The molecule has 1 heterocycles. The Labute approximate surface area is 62.3 Å². The zero-order valence-corrected chi connectivity index (χ0v) is 6.92. The fourth-order valence-corrected chi connectivity index (χ4v) is 1.40. The molecule has 0 unspecified atom stereocenters. The Balaban J connectivity index is 2.42. The van der Waals surface area contributed by atoms with E-state index >= 15 is 0 Å². The van der Waals surface area contributed by atoms with Crippen LogP contribution in [0.4, 0.5) is 0 Å². The highest BCUT2D eigenvalue weighted by Gasteiger charge is 2.27. The maximum absolute atomic E-state index is 5.28. The lowest BCUT2D eigenvalue weighted by Crippen LogP contribution is -2.38. The monoisotopic (exact) mass is 144 g/mol.